The Hall–Kier alpha value is -1.87. The minimum absolute atomic E-state index is 0.00963. The number of nitrogens with one attached hydrogen (secondary N) is 1. The summed E-state index contributed by atoms with van der Waals surface area (Å²) in [6.07, 6.45) is 7.69. The Labute approximate surface area is 173 Å². The molecule has 28 heavy (non-hydrogen) atoms. The van der Waals surface area contributed by atoms with Gasteiger partial charge < -0.3 is 5.32 Å². The summed E-state index contributed by atoms with van der Waals surface area (Å²) in [5, 5.41) is 3.68. The molecule has 1 aliphatic rings. The van der Waals surface area contributed by atoms with Gasteiger partial charge in [0.15, 0.2) is 0 Å². The van der Waals surface area contributed by atoms with Gasteiger partial charge in [0.1, 0.15) is 0 Å². The summed E-state index contributed by atoms with van der Waals surface area (Å²) >= 11 is 5.91. The molecule has 1 aromatic carbocycles. The van der Waals surface area contributed by atoms with E-state index in [1.165, 1.54) is 24.8 Å². The van der Waals surface area contributed by atoms with Crippen molar-refractivity contribution in [1.82, 2.24) is 4.98 Å². The normalized spacial score (nSPS) is 22.8. The molecule has 0 spiro atoms. The summed E-state index contributed by atoms with van der Waals surface area (Å²) in [6, 6.07) is 11.7. The van der Waals surface area contributed by atoms with Gasteiger partial charge in [-0.3, -0.25) is 9.78 Å². The van der Waals surface area contributed by atoms with Crippen molar-refractivity contribution in [3.05, 3.63) is 58.9 Å². The Balaban J connectivity index is 1.53. The van der Waals surface area contributed by atoms with Crippen LogP contribution < -0.4 is 5.32 Å². The third-order valence-corrected chi connectivity index (χ3v) is 6.54. The number of aryl methyl sites for hydroxylation is 1. The van der Waals surface area contributed by atoms with Crippen LogP contribution in [0.5, 0.6) is 0 Å². The van der Waals surface area contributed by atoms with Crippen molar-refractivity contribution in [3.63, 3.8) is 0 Å². The number of aromatic nitrogens is 1. The topological polar surface area (TPSA) is 42.0 Å². The first-order valence-corrected chi connectivity index (χ1v) is 10.8. The molecule has 1 N–H and O–H groups in total. The Kier molecular flexibility index (Phi) is 7.12. The second-order valence-electron chi connectivity index (χ2n) is 8.30. The lowest BCUT2D eigenvalue weighted by Gasteiger charge is -2.20. The third-order valence-electron chi connectivity index (χ3n) is 6.29. The van der Waals surface area contributed by atoms with Crippen molar-refractivity contribution in [2.45, 2.75) is 58.8 Å². The number of anilines is 1. The fraction of sp³-hybridized carbons (Fsp3) is 0.500. The van der Waals surface area contributed by atoms with Crippen LogP contribution in [0, 0.1) is 24.7 Å². The van der Waals surface area contributed by atoms with Gasteiger partial charge in [0, 0.05) is 28.5 Å². The number of carbonyl (C=O) groups is 1. The molecule has 1 heterocycles. The van der Waals surface area contributed by atoms with Gasteiger partial charge >= 0.3 is 0 Å². The second kappa shape index (κ2) is 9.56. The van der Waals surface area contributed by atoms with Crippen molar-refractivity contribution in [3.8, 4) is 0 Å². The van der Waals surface area contributed by atoms with E-state index in [1.807, 2.05) is 25.3 Å². The molecule has 4 heteroatoms. The molecule has 1 saturated carbocycles. The summed E-state index contributed by atoms with van der Waals surface area (Å²) in [6.45, 7) is 6.40. The van der Waals surface area contributed by atoms with E-state index in [-0.39, 0.29) is 11.8 Å². The van der Waals surface area contributed by atoms with Crippen LogP contribution in [0.4, 0.5) is 5.69 Å². The predicted octanol–water partition coefficient (Wildman–Crippen LogP) is 6.62. The summed E-state index contributed by atoms with van der Waals surface area (Å²) < 4.78 is 0. The van der Waals surface area contributed by atoms with Crippen molar-refractivity contribution in [1.29, 1.82) is 0 Å². The largest absolute Gasteiger partial charge is 0.326 e. The van der Waals surface area contributed by atoms with E-state index in [2.05, 4.69) is 36.3 Å². The van der Waals surface area contributed by atoms with Crippen molar-refractivity contribution >= 4 is 23.2 Å². The summed E-state index contributed by atoms with van der Waals surface area (Å²) in [5.74, 6) is 2.19. The quantitative estimate of drug-likeness (QED) is 0.569. The number of hydrogen-bond donors (Lipinski definition) is 1. The highest BCUT2D eigenvalue weighted by Gasteiger charge is 2.34. The smallest absolute Gasteiger partial charge is 0.227 e. The van der Waals surface area contributed by atoms with Gasteiger partial charge in [-0.2, -0.15) is 0 Å². The lowest BCUT2D eigenvalue weighted by Crippen LogP contribution is -2.21. The minimum atomic E-state index is 0.00963. The predicted molar refractivity (Wildman–Crippen MR) is 117 cm³/mol. The van der Waals surface area contributed by atoms with Gasteiger partial charge in [-0.05, 0) is 92.3 Å². The van der Waals surface area contributed by atoms with Crippen LogP contribution in [-0.2, 0) is 4.79 Å². The monoisotopic (exact) mass is 398 g/mol. The number of rotatable bonds is 7. The van der Waals surface area contributed by atoms with Crippen LogP contribution in [0.3, 0.4) is 0 Å². The maximum absolute atomic E-state index is 12.5. The van der Waals surface area contributed by atoms with E-state index < -0.39 is 0 Å². The fourth-order valence-corrected chi connectivity index (χ4v) is 4.68. The number of carbonyl (C=O) groups excluding carboxylic acids is 1. The third kappa shape index (κ3) is 5.35. The van der Waals surface area contributed by atoms with E-state index in [1.54, 1.807) is 12.1 Å². The average molecular weight is 399 g/mol. The van der Waals surface area contributed by atoms with Crippen LogP contribution in [0.15, 0.2) is 42.6 Å². The van der Waals surface area contributed by atoms with Crippen LogP contribution in [0.25, 0.3) is 0 Å². The molecule has 150 valence electrons. The molecule has 3 rings (SSSR count). The summed E-state index contributed by atoms with van der Waals surface area (Å²) in [7, 11) is 0. The molecule has 1 fully saturated rings. The highest BCUT2D eigenvalue weighted by molar-refractivity contribution is 6.30. The van der Waals surface area contributed by atoms with E-state index in [0.29, 0.717) is 16.9 Å². The van der Waals surface area contributed by atoms with Crippen molar-refractivity contribution in [2.75, 3.05) is 5.32 Å². The van der Waals surface area contributed by atoms with E-state index >= 15 is 0 Å². The number of halogens is 1. The molecule has 1 amide bonds. The number of pyridine rings is 1. The van der Waals surface area contributed by atoms with Gasteiger partial charge in [-0.15, -0.1) is 0 Å². The Bertz CT molecular complexity index is 789. The molecule has 0 saturated heterocycles. The SMILES string of the molecule is CC[C@H]1C[C@@H](c2ccnc(C)c2)C[C@H]1CC[C@@H](C)C(=O)Nc1ccc(Cl)cc1. The van der Waals surface area contributed by atoms with Crippen LogP contribution in [-0.4, -0.2) is 10.9 Å². The first-order chi connectivity index (χ1) is 13.5. The zero-order valence-corrected chi connectivity index (χ0v) is 17.9. The highest BCUT2D eigenvalue weighted by Crippen LogP contribution is 2.46. The average Bonchev–Trinajstić information content (AvgIpc) is 3.11. The highest BCUT2D eigenvalue weighted by atomic mass is 35.5. The number of amides is 1. The molecule has 2 aromatic rings. The van der Waals surface area contributed by atoms with Gasteiger partial charge in [0.05, 0.1) is 0 Å². The van der Waals surface area contributed by atoms with E-state index in [9.17, 15) is 4.79 Å². The molecule has 0 bridgehead atoms. The zero-order valence-electron chi connectivity index (χ0n) is 17.1. The number of nitrogens with zero attached hydrogens (tertiary/aromatic N) is 1. The van der Waals surface area contributed by atoms with Gasteiger partial charge in [-0.25, -0.2) is 0 Å². The lowest BCUT2D eigenvalue weighted by atomic mass is 9.87. The fourth-order valence-electron chi connectivity index (χ4n) is 4.55. The summed E-state index contributed by atoms with van der Waals surface area (Å²) in [5.41, 5.74) is 3.34. The Morgan fingerprint density at radius 2 is 1.93 bits per heavy atom. The van der Waals surface area contributed by atoms with Crippen molar-refractivity contribution in [2.24, 2.45) is 17.8 Å². The first-order valence-electron chi connectivity index (χ1n) is 10.4. The van der Waals surface area contributed by atoms with Gasteiger partial charge in [0.25, 0.3) is 0 Å². The van der Waals surface area contributed by atoms with Crippen LogP contribution >= 0.6 is 11.6 Å². The van der Waals surface area contributed by atoms with E-state index in [4.69, 9.17) is 11.6 Å². The molecule has 1 aliphatic carbocycles. The van der Waals surface area contributed by atoms with Crippen LogP contribution in [0.1, 0.15) is 63.1 Å². The number of benzene rings is 1. The Morgan fingerprint density at radius 1 is 1.21 bits per heavy atom. The molecule has 0 radical (unpaired) electrons. The molecule has 0 unspecified atom stereocenters. The maximum atomic E-state index is 12.5. The molecule has 0 aliphatic heterocycles. The minimum Gasteiger partial charge on any atom is -0.326 e. The van der Waals surface area contributed by atoms with Crippen LogP contribution in [0.2, 0.25) is 5.02 Å². The number of hydrogen-bond acceptors (Lipinski definition) is 2. The molecule has 3 nitrogen and oxygen atoms in total. The van der Waals surface area contributed by atoms with Gasteiger partial charge in [-0.1, -0.05) is 31.9 Å². The zero-order chi connectivity index (χ0) is 20.1. The standard InChI is InChI=1S/C24H31ClN2O/c1-4-18-14-21(20-11-12-26-17(3)13-20)15-19(18)6-5-16(2)24(28)27-23-9-7-22(25)8-10-23/h7-13,16,18-19,21H,4-6,14-15H2,1-3H3,(H,27,28)/t16-,18+,19-,21-/m1/s1. The molecule has 1 aromatic heterocycles. The molecule has 4 atom stereocenters. The first kappa shape index (κ1) is 20.9. The van der Waals surface area contributed by atoms with Gasteiger partial charge in [0.2, 0.25) is 5.91 Å². The Morgan fingerprint density at radius 3 is 2.61 bits per heavy atom. The summed E-state index contributed by atoms with van der Waals surface area (Å²) in [4.78, 5) is 16.9. The maximum Gasteiger partial charge on any atom is 0.227 e. The molecular weight excluding hydrogens is 368 g/mol. The second-order valence-corrected chi connectivity index (χ2v) is 8.74. The van der Waals surface area contributed by atoms with E-state index in [0.717, 1.165) is 30.1 Å². The lowest BCUT2D eigenvalue weighted by molar-refractivity contribution is -0.119. The molecular formula is C24H31ClN2O. The van der Waals surface area contributed by atoms with Crippen molar-refractivity contribution < 1.29 is 4.79 Å².